The lowest BCUT2D eigenvalue weighted by molar-refractivity contribution is -0.112. The number of carbonyl (C=O) groups excluding carboxylic acids is 3. The monoisotopic (exact) mass is 426 g/mol. The number of carbonyl (C=O) groups is 3. The predicted octanol–water partition coefficient (Wildman–Crippen LogP) is 5.00. The topological polar surface area (TPSA) is 89.3 Å². The number of primary amides is 1. The molecule has 0 fully saturated rings. The SMILES string of the molecule is NC(=O)c1cc(-c2ccccc2)sc1NC(=O)C(=O)c1ccc(-c2ccccc2)cc1. The second kappa shape index (κ2) is 8.77. The normalized spacial score (nSPS) is 10.5. The number of benzene rings is 3. The van der Waals surface area contributed by atoms with Gasteiger partial charge in [-0.3, -0.25) is 14.4 Å². The molecule has 0 unspecified atom stereocenters. The first kappa shape index (κ1) is 20.3. The Hall–Kier alpha value is -4.03. The summed E-state index contributed by atoms with van der Waals surface area (Å²) in [7, 11) is 0. The average Bonchev–Trinajstić information content (AvgIpc) is 3.24. The molecule has 3 N–H and O–H groups in total. The maximum absolute atomic E-state index is 12.6. The number of ketones is 1. The van der Waals surface area contributed by atoms with E-state index in [1.165, 1.54) is 11.3 Å². The van der Waals surface area contributed by atoms with E-state index in [0.29, 0.717) is 0 Å². The molecule has 0 radical (unpaired) electrons. The molecule has 0 aliphatic rings. The number of rotatable bonds is 6. The van der Waals surface area contributed by atoms with Crippen LogP contribution >= 0.6 is 11.3 Å². The van der Waals surface area contributed by atoms with E-state index < -0.39 is 17.6 Å². The third-order valence-electron chi connectivity index (χ3n) is 4.74. The Kier molecular flexibility index (Phi) is 5.73. The van der Waals surface area contributed by atoms with Gasteiger partial charge in [-0.2, -0.15) is 0 Å². The standard InChI is InChI=1S/C25H18N2O3S/c26-23(29)20-15-21(18-9-5-2-6-10-18)31-25(20)27-24(30)22(28)19-13-11-17(12-14-19)16-7-3-1-4-8-16/h1-15H,(H2,26,29)(H,27,30). The van der Waals surface area contributed by atoms with Crippen LogP contribution < -0.4 is 11.1 Å². The van der Waals surface area contributed by atoms with Crippen LogP contribution in [-0.4, -0.2) is 17.6 Å². The van der Waals surface area contributed by atoms with Gasteiger partial charge < -0.3 is 11.1 Å². The zero-order valence-corrected chi connectivity index (χ0v) is 17.2. The minimum Gasteiger partial charge on any atom is -0.366 e. The fourth-order valence-corrected chi connectivity index (χ4v) is 4.21. The average molecular weight is 426 g/mol. The van der Waals surface area contributed by atoms with Gasteiger partial charge in [-0.15, -0.1) is 11.3 Å². The first-order valence-electron chi connectivity index (χ1n) is 9.53. The van der Waals surface area contributed by atoms with E-state index in [1.54, 1.807) is 30.3 Å². The number of Topliss-reactive ketones (excluding diaryl/α,β-unsaturated/α-hetero) is 1. The Bertz CT molecular complexity index is 1250. The van der Waals surface area contributed by atoms with Gasteiger partial charge in [0, 0.05) is 10.4 Å². The van der Waals surface area contributed by atoms with Crippen molar-refractivity contribution in [3.63, 3.8) is 0 Å². The molecule has 2 amide bonds. The molecule has 31 heavy (non-hydrogen) atoms. The Labute approximate surface area is 183 Å². The summed E-state index contributed by atoms with van der Waals surface area (Å²) in [5.74, 6) is -2.19. The molecule has 0 saturated heterocycles. The minimum absolute atomic E-state index is 0.171. The second-order valence-corrected chi connectivity index (χ2v) is 7.86. The van der Waals surface area contributed by atoms with Crippen molar-refractivity contribution in [3.8, 4) is 21.6 Å². The van der Waals surface area contributed by atoms with E-state index >= 15 is 0 Å². The Morgan fingerprint density at radius 1 is 0.710 bits per heavy atom. The van der Waals surface area contributed by atoms with E-state index in [-0.39, 0.29) is 16.1 Å². The lowest BCUT2D eigenvalue weighted by Crippen LogP contribution is -2.24. The van der Waals surface area contributed by atoms with Gasteiger partial charge in [0.25, 0.3) is 17.6 Å². The number of nitrogens with one attached hydrogen (secondary N) is 1. The molecule has 1 aromatic heterocycles. The Morgan fingerprint density at radius 2 is 1.26 bits per heavy atom. The third kappa shape index (κ3) is 4.44. The fourth-order valence-electron chi connectivity index (χ4n) is 3.15. The van der Waals surface area contributed by atoms with Gasteiger partial charge in [0.15, 0.2) is 0 Å². The largest absolute Gasteiger partial charge is 0.366 e. The molecule has 0 aliphatic carbocycles. The van der Waals surface area contributed by atoms with Crippen molar-refractivity contribution in [2.75, 3.05) is 5.32 Å². The van der Waals surface area contributed by atoms with E-state index in [1.807, 2.05) is 60.7 Å². The van der Waals surface area contributed by atoms with Crippen molar-refractivity contribution in [1.29, 1.82) is 0 Å². The van der Waals surface area contributed by atoms with Gasteiger partial charge in [-0.05, 0) is 22.8 Å². The van der Waals surface area contributed by atoms with Crippen LogP contribution in [0, 0.1) is 0 Å². The highest BCUT2D eigenvalue weighted by Crippen LogP contribution is 2.35. The van der Waals surface area contributed by atoms with Crippen molar-refractivity contribution in [3.05, 3.63) is 102 Å². The van der Waals surface area contributed by atoms with E-state index in [9.17, 15) is 14.4 Å². The molecule has 152 valence electrons. The highest BCUT2D eigenvalue weighted by molar-refractivity contribution is 7.20. The minimum atomic E-state index is -0.823. The lowest BCUT2D eigenvalue weighted by atomic mass is 10.0. The number of anilines is 1. The lowest BCUT2D eigenvalue weighted by Gasteiger charge is -2.05. The van der Waals surface area contributed by atoms with Crippen LogP contribution in [0.15, 0.2) is 91.0 Å². The summed E-state index contributed by atoms with van der Waals surface area (Å²) in [5.41, 5.74) is 8.75. The first-order valence-corrected chi connectivity index (χ1v) is 10.3. The van der Waals surface area contributed by atoms with Crippen LogP contribution in [0.5, 0.6) is 0 Å². The number of nitrogens with two attached hydrogens (primary N) is 1. The van der Waals surface area contributed by atoms with Gasteiger partial charge >= 0.3 is 0 Å². The molecule has 5 nitrogen and oxygen atoms in total. The first-order chi connectivity index (χ1) is 15.0. The summed E-state index contributed by atoms with van der Waals surface area (Å²) in [5, 5.41) is 2.81. The van der Waals surface area contributed by atoms with Crippen LogP contribution in [0.2, 0.25) is 0 Å². The summed E-state index contributed by atoms with van der Waals surface area (Å²) < 4.78 is 0. The summed E-state index contributed by atoms with van der Waals surface area (Å²) in [6.45, 7) is 0. The van der Waals surface area contributed by atoms with E-state index in [4.69, 9.17) is 5.73 Å². The highest BCUT2D eigenvalue weighted by Gasteiger charge is 2.21. The quantitative estimate of drug-likeness (QED) is 0.336. The molecule has 0 spiro atoms. The summed E-state index contributed by atoms with van der Waals surface area (Å²) in [4.78, 5) is 37.8. The summed E-state index contributed by atoms with van der Waals surface area (Å²) in [6, 6.07) is 27.6. The van der Waals surface area contributed by atoms with Crippen LogP contribution in [0.25, 0.3) is 21.6 Å². The van der Waals surface area contributed by atoms with Crippen molar-refractivity contribution in [2.45, 2.75) is 0 Å². The molecule has 4 rings (SSSR count). The van der Waals surface area contributed by atoms with Crippen molar-refractivity contribution < 1.29 is 14.4 Å². The molecule has 0 aliphatic heterocycles. The summed E-state index contributed by atoms with van der Waals surface area (Å²) >= 11 is 1.20. The van der Waals surface area contributed by atoms with Gasteiger partial charge in [-0.1, -0.05) is 84.9 Å². The smallest absolute Gasteiger partial charge is 0.297 e. The molecule has 0 atom stereocenters. The van der Waals surface area contributed by atoms with Gasteiger partial charge in [0.05, 0.1) is 5.56 Å². The van der Waals surface area contributed by atoms with E-state index in [0.717, 1.165) is 21.6 Å². The molecule has 0 bridgehead atoms. The zero-order valence-electron chi connectivity index (χ0n) is 16.4. The zero-order chi connectivity index (χ0) is 21.8. The third-order valence-corrected chi connectivity index (χ3v) is 5.84. The molecule has 6 heteroatoms. The van der Waals surface area contributed by atoms with Crippen molar-refractivity contribution in [1.82, 2.24) is 0 Å². The van der Waals surface area contributed by atoms with Gasteiger partial charge in [0.1, 0.15) is 5.00 Å². The molecule has 3 aromatic carbocycles. The number of amides is 2. The van der Waals surface area contributed by atoms with Gasteiger partial charge in [-0.25, -0.2) is 0 Å². The van der Waals surface area contributed by atoms with Crippen LogP contribution in [0.3, 0.4) is 0 Å². The van der Waals surface area contributed by atoms with Crippen LogP contribution in [-0.2, 0) is 4.79 Å². The maximum Gasteiger partial charge on any atom is 0.297 e. The number of thiophene rings is 1. The Morgan fingerprint density at radius 3 is 1.84 bits per heavy atom. The highest BCUT2D eigenvalue weighted by atomic mass is 32.1. The maximum atomic E-state index is 12.6. The Balaban J connectivity index is 1.54. The predicted molar refractivity (Wildman–Crippen MR) is 123 cm³/mol. The molecule has 1 heterocycles. The van der Waals surface area contributed by atoms with Crippen LogP contribution in [0.1, 0.15) is 20.7 Å². The molecular weight excluding hydrogens is 408 g/mol. The fraction of sp³-hybridized carbons (Fsp3) is 0. The molecule has 0 saturated carbocycles. The summed E-state index contributed by atoms with van der Waals surface area (Å²) in [6.07, 6.45) is 0. The van der Waals surface area contributed by atoms with Crippen molar-refractivity contribution >= 4 is 33.9 Å². The van der Waals surface area contributed by atoms with Crippen LogP contribution in [0.4, 0.5) is 5.00 Å². The van der Waals surface area contributed by atoms with Gasteiger partial charge in [0.2, 0.25) is 0 Å². The number of hydrogen-bond donors (Lipinski definition) is 2. The number of hydrogen-bond acceptors (Lipinski definition) is 4. The van der Waals surface area contributed by atoms with Crippen molar-refractivity contribution in [2.24, 2.45) is 5.73 Å². The molecule has 4 aromatic rings. The van der Waals surface area contributed by atoms with E-state index in [2.05, 4.69) is 5.32 Å². The molecular formula is C25H18N2O3S. The second-order valence-electron chi connectivity index (χ2n) is 6.81.